The summed E-state index contributed by atoms with van der Waals surface area (Å²) in [6.45, 7) is 0. The van der Waals surface area contributed by atoms with E-state index in [0.717, 1.165) is 0 Å². The second-order valence-electron chi connectivity index (χ2n) is 1.89. The minimum Gasteiger partial charge on any atom is -0.336 e. The van der Waals surface area contributed by atoms with E-state index in [1.54, 1.807) is 18.3 Å². The van der Waals surface area contributed by atoms with Crippen LogP contribution in [0.4, 0.5) is 0 Å². The molecular formula is C6H4N2O2. The zero-order valence-electron chi connectivity index (χ0n) is 5.00. The Balaban J connectivity index is 3.07. The van der Waals surface area contributed by atoms with E-state index in [1.165, 1.54) is 0 Å². The number of pyridine rings is 1. The van der Waals surface area contributed by atoms with Crippen molar-refractivity contribution in [2.24, 2.45) is 0 Å². The highest BCUT2D eigenvalue weighted by Gasteiger charge is 1.99. The summed E-state index contributed by atoms with van der Waals surface area (Å²) in [4.78, 5) is 14.5. The number of H-pyrrole nitrogens is 1. The van der Waals surface area contributed by atoms with Crippen LogP contribution in [0, 0.1) is 0 Å². The molecule has 0 aromatic carbocycles. The van der Waals surface area contributed by atoms with Gasteiger partial charge in [0.2, 0.25) is 0 Å². The third-order valence-electron chi connectivity index (χ3n) is 1.25. The van der Waals surface area contributed by atoms with Gasteiger partial charge in [0, 0.05) is 6.20 Å². The Bertz CT molecular complexity index is 401. The third-order valence-corrected chi connectivity index (χ3v) is 1.25. The molecular weight excluding hydrogens is 132 g/mol. The summed E-state index contributed by atoms with van der Waals surface area (Å²) in [5, 5.41) is 2.44. The first-order valence-corrected chi connectivity index (χ1v) is 2.80. The first kappa shape index (κ1) is 5.22. The molecule has 0 spiro atoms. The third kappa shape index (κ3) is 0.556. The highest BCUT2D eigenvalue weighted by Crippen LogP contribution is 2.00. The standard InChI is InChI=1S/C6H4N2O2/c9-6-5-4(8-10-6)2-1-3-7-5/h1-3,8H. The minimum absolute atomic E-state index is 0.350. The predicted molar refractivity (Wildman–Crippen MR) is 34.6 cm³/mol. The van der Waals surface area contributed by atoms with Crippen LogP contribution in [0.15, 0.2) is 27.6 Å². The minimum atomic E-state index is -0.421. The normalized spacial score (nSPS) is 10.4. The Morgan fingerprint density at radius 2 is 2.50 bits per heavy atom. The van der Waals surface area contributed by atoms with Crippen LogP contribution in [0.5, 0.6) is 0 Å². The lowest BCUT2D eigenvalue weighted by molar-refractivity contribution is 0.399. The predicted octanol–water partition coefficient (Wildman–Crippen LogP) is 0.516. The van der Waals surface area contributed by atoms with Gasteiger partial charge in [-0.05, 0) is 12.1 Å². The molecule has 4 heteroatoms. The van der Waals surface area contributed by atoms with Crippen molar-refractivity contribution in [3.8, 4) is 0 Å². The fourth-order valence-electron chi connectivity index (χ4n) is 0.800. The van der Waals surface area contributed by atoms with Crippen LogP contribution in [0.3, 0.4) is 0 Å². The number of rotatable bonds is 0. The number of fused-ring (bicyclic) bond motifs is 1. The lowest BCUT2D eigenvalue weighted by atomic mass is 10.4. The van der Waals surface area contributed by atoms with Crippen LogP contribution in [0.2, 0.25) is 0 Å². The molecule has 0 bridgehead atoms. The molecule has 0 radical (unpaired) electrons. The summed E-state index contributed by atoms with van der Waals surface area (Å²) in [6, 6.07) is 3.46. The molecule has 0 saturated heterocycles. The molecule has 50 valence electrons. The van der Waals surface area contributed by atoms with Crippen molar-refractivity contribution < 1.29 is 4.52 Å². The Labute approximate surface area is 55.5 Å². The molecule has 2 heterocycles. The van der Waals surface area contributed by atoms with Crippen LogP contribution in [-0.4, -0.2) is 10.1 Å². The van der Waals surface area contributed by atoms with Crippen molar-refractivity contribution in [2.75, 3.05) is 0 Å². The maximum absolute atomic E-state index is 10.7. The fourth-order valence-corrected chi connectivity index (χ4v) is 0.800. The Morgan fingerprint density at radius 3 is 3.30 bits per heavy atom. The van der Waals surface area contributed by atoms with E-state index in [4.69, 9.17) is 0 Å². The molecule has 0 fully saturated rings. The Kier molecular flexibility index (Phi) is 0.887. The van der Waals surface area contributed by atoms with E-state index in [1.807, 2.05) is 0 Å². The monoisotopic (exact) mass is 136 g/mol. The quantitative estimate of drug-likeness (QED) is 0.574. The van der Waals surface area contributed by atoms with Gasteiger partial charge in [-0.25, -0.2) is 14.9 Å². The molecule has 0 aliphatic rings. The second kappa shape index (κ2) is 1.70. The van der Waals surface area contributed by atoms with Gasteiger partial charge in [-0.3, -0.25) is 0 Å². The van der Waals surface area contributed by atoms with Crippen molar-refractivity contribution in [1.29, 1.82) is 0 Å². The summed E-state index contributed by atoms with van der Waals surface area (Å²) in [5.41, 5.74) is 0.561. The van der Waals surface area contributed by atoms with Gasteiger partial charge in [0.25, 0.3) is 0 Å². The lowest BCUT2D eigenvalue weighted by Gasteiger charge is -1.78. The van der Waals surface area contributed by atoms with Gasteiger partial charge in [-0.2, -0.15) is 0 Å². The van der Waals surface area contributed by atoms with Gasteiger partial charge < -0.3 is 4.52 Å². The van der Waals surface area contributed by atoms with Gasteiger partial charge >= 0.3 is 5.63 Å². The molecule has 10 heavy (non-hydrogen) atoms. The number of nitrogens with zero attached hydrogens (tertiary/aromatic N) is 1. The van der Waals surface area contributed by atoms with E-state index < -0.39 is 5.63 Å². The number of hydrogen-bond donors (Lipinski definition) is 1. The van der Waals surface area contributed by atoms with E-state index >= 15 is 0 Å². The second-order valence-corrected chi connectivity index (χ2v) is 1.89. The van der Waals surface area contributed by atoms with Crippen molar-refractivity contribution in [3.63, 3.8) is 0 Å². The molecule has 0 aliphatic carbocycles. The highest BCUT2D eigenvalue weighted by molar-refractivity contribution is 5.71. The fraction of sp³-hybridized carbons (Fsp3) is 0. The average Bonchev–Trinajstić information content (AvgIpc) is 2.34. The molecule has 0 amide bonds. The summed E-state index contributed by atoms with van der Waals surface area (Å²) in [5.74, 6) is 0. The van der Waals surface area contributed by atoms with E-state index in [0.29, 0.717) is 11.0 Å². The topological polar surface area (TPSA) is 58.9 Å². The molecule has 4 nitrogen and oxygen atoms in total. The van der Waals surface area contributed by atoms with Crippen LogP contribution in [0.1, 0.15) is 0 Å². The summed E-state index contributed by atoms with van der Waals surface area (Å²) in [6.07, 6.45) is 1.55. The first-order valence-electron chi connectivity index (χ1n) is 2.80. The maximum Gasteiger partial charge on any atom is 0.383 e. The van der Waals surface area contributed by atoms with Crippen molar-refractivity contribution in [3.05, 3.63) is 28.7 Å². The molecule has 0 saturated carbocycles. The number of hydrogen-bond acceptors (Lipinski definition) is 3. The highest BCUT2D eigenvalue weighted by atomic mass is 16.5. The average molecular weight is 136 g/mol. The van der Waals surface area contributed by atoms with E-state index in [2.05, 4.69) is 14.7 Å². The summed E-state index contributed by atoms with van der Waals surface area (Å²) in [7, 11) is 0. The van der Waals surface area contributed by atoms with Crippen LogP contribution >= 0.6 is 0 Å². The Hall–Kier alpha value is -1.58. The maximum atomic E-state index is 10.7. The largest absolute Gasteiger partial charge is 0.383 e. The molecule has 0 unspecified atom stereocenters. The number of aromatic nitrogens is 2. The van der Waals surface area contributed by atoms with Crippen molar-refractivity contribution in [2.45, 2.75) is 0 Å². The van der Waals surface area contributed by atoms with Gasteiger partial charge in [0.15, 0.2) is 5.52 Å². The van der Waals surface area contributed by atoms with Crippen LogP contribution in [-0.2, 0) is 0 Å². The first-order chi connectivity index (χ1) is 4.88. The molecule has 1 N–H and O–H groups in total. The lowest BCUT2D eigenvalue weighted by Crippen LogP contribution is -1.92. The molecule has 2 aromatic rings. The van der Waals surface area contributed by atoms with E-state index in [-0.39, 0.29) is 0 Å². The van der Waals surface area contributed by atoms with Crippen LogP contribution in [0.25, 0.3) is 11.0 Å². The van der Waals surface area contributed by atoms with Gasteiger partial charge in [-0.15, -0.1) is 0 Å². The Morgan fingerprint density at radius 1 is 1.60 bits per heavy atom. The van der Waals surface area contributed by atoms with Crippen molar-refractivity contribution >= 4 is 11.0 Å². The number of aromatic amines is 1. The van der Waals surface area contributed by atoms with E-state index in [9.17, 15) is 4.79 Å². The smallest absolute Gasteiger partial charge is 0.336 e. The van der Waals surface area contributed by atoms with Gasteiger partial charge in [0.05, 0.1) is 0 Å². The van der Waals surface area contributed by atoms with Crippen LogP contribution < -0.4 is 5.63 Å². The zero-order valence-corrected chi connectivity index (χ0v) is 5.00. The molecule has 2 aromatic heterocycles. The number of nitrogens with one attached hydrogen (secondary N) is 1. The van der Waals surface area contributed by atoms with Gasteiger partial charge in [-0.1, -0.05) is 0 Å². The molecule has 0 aliphatic heterocycles. The van der Waals surface area contributed by atoms with Gasteiger partial charge in [0.1, 0.15) is 5.52 Å². The molecule has 2 rings (SSSR count). The summed E-state index contributed by atoms with van der Waals surface area (Å²) >= 11 is 0. The molecule has 0 atom stereocenters. The zero-order chi connectivity index (χ0) is 6.97. The summed E-state index contributed by atoms with van der Waals surface area (Å²) < 4.78 is 4.47. The van der Waals surface area contributed by atoms with Crippen molar-refractivity contribution in [1.82, 2.24) is 10.1 Å². The SMILES string of the molecule is O=c1o[nH]c2cccnc12.